The number of carbonyl (C=O) groups is 1. The molecule has 0 N–H and O–H groups in total. The molecule has 1 aromatic heterocycles. The van der Waals surface area contributed by atoms with Crippen molar-refractivity contribution < 1.29 is 13.2 Å². The van der Waals surface area contributed by atoms with Crippen LogP contribution in [-0.2, 0) is 15.6 Å². The summed E-state index contributed by atoms with van der Waals surface area (Å²) >= 11 is 0. The van der Waals surface area contributed by atoms with Crippen LogP contribution < -0.4 is 0 Å². The first-order valence-corrected chi connectivity index (χ1v) is 10.6. The van der Waals surface area contributed by atoms with E-state index in [0.29, 0.717) is 38.3 Å². The fourth-order valence-corrected chi connectivity index (χ4v) is 3.91. The summed E-state index contributed by atoms with van der Waals surface area (Å²) < 4.78 is 26.8. The highest BCUT2D eigenvalue weighted by Crippen LogP contribution is 2.24. The van der Waals surface area contributed by atoms with E-state index in [1.165, 1.54) is 10.6 Å². The fraction of sp³-hybridized carbons (Fsp3) is 0.765. The first-order chi connectivity index (χ1) is 11.4. The predicted molar refractivity (Wildman–Crippen MR) is 98.2 cm³/mol. The molecular weight excluding hydrogens is 340 g/mol. The molecule has 0 atom stereocenters. The Balaban J connectivity index is 2.23. The van der Waals surface area contributed by atoms with Gasteiger partial charge in [0.25, 0.3) is 5.91 Å². The number of rotatable bonds is 3. The van der Waals surface area contributed by atoms with Gasteiger partial charge in [-0.15, -0.1) is 0 Å². The van der Waals surface area contributed by atoms with E-state index in [1.807, 2.05) is 10.7 Å². The number of amides is 1. The van der Waals surface area contributed by atoms with Crippen LogP contribution in [0, 0.1) is 0 Å². The SMILES string of the molecule is CC(C)c1cc(C(=O)N2CCCN(S(C)(=O)=O)CC2)nn1C(C)(C)C. The zero-order chi connectivity index (χ0) is 19.0. The van der Waals surface area contributed by atoms with Gasteiger partial charge in [0.1, 0.15) is 0 Å². The second kappa shape index (κ2) is 7.07. The standard InChI is InChI=1S/C17H30N4O3S/c1-13(2)15-12-14(18-21(15)17(3,4)5)16(22)19-8-7-9-20(11-10-19)25(6,23)24/h12-13H,7-11H2,1-6H3. The summed E-state index contributed by atoms with van der Waals surface area (Å²) in [5.74, 6) is 0.137. The molecule has 0 unspecified atom stereocenters. The molecule has 1 aliphatic heterocycles. The molecule has 0 radical (unpaired) electrons. The Morgan fingerprint density at radius 1 is 1.16 bits per heavy atom. The van der Waals surface area contributed by atoms with E-state index in [0.717, 1.165) is 5.69 Å². The third-order valence-electron chi connectivity index (χ3n) is 4.39. The average molecular weight is 371 g/mol. The first kappa shape index (κ1) is 19.9. The van der Waals surface area contributed by atoms with E-state index in [1.54, 1.807) is 4.90 Å². The van der Waals surface area contributed by atoms with Gasteiger partial charge < -0.3 is 4.90 Å². The summed E-state index contributed by atoms with van der Waals surface area (Å²) in [5, 5.41) is 4.57. The van der Waals surface area contributed by atoms with Crippen molar-refractivity contribution in [2.75, 3.05) is 32.4 Å². The average Bonchev–Trinajstić information content (AvgIpc) is 2.77. The second-order valence-corrected chi connectivity index (χ2v) is 9.98. The van der Waals surface area contributed by atoms with Gasteiger partial charge in [-0.3, -0.25) is 9.48 Å². The number of sulfonamides is 1. The molecule has 1 aromatic rings. The zero-order valence-electron chi connectivity index (χ0n) is 16.1. The fourth-order valence-electron chi connectivity index (χ4n) is 3.04. The van der Waals surface area contributed by atoms with Gasteiger partial charge in [0.2, 0.25) is 10.0 Å². The molecule has 8 heteroatoms. The van der Waals surface area contributed by atoms with Crippen LogP contribution >= 0.6 is 0 Å². The molecule has 0 aliphatic carbocycles. The van der Waals surface area contributed by atoms with Crippen molar-refractivity contribution in [3.05, 3.63) is 17.5 Å². The number of aromatic nitrogens is 2. The highest BCUT2D eigenvalue weighted by atomic mass is 32.2. The lowest BCUT2D eigenvalue weighted by molar-refractivity contribution is 0.0756. The van der Waals surface area contributed by atoms with Crippen LogP contribution in [0.5, 0.6) is 0 Å². The van der Waals surface area contributed by atoms with E-state index in [-0.39, 0.29) is 17.4 Å². The summed E-state index contributed by atoms with van der Waals surface area (Å²) in [6.07, 6.45) is 1.85. The molecule has 1 aliphatic rings. The van der Waals surface area contributed by atoms with Crippen molar-refractivity contribution in [3.8, 4) is 0 Å². The van der Waals surface area contributed by atoms with Crippen molar-refractivity contribution in [2.24, 2.45) is 0 Å². The third kappa shape index (κ3) is 4.61. The number of nitrogens with zero attached hydrogens (tertiary/aromatic N) is 4. The predicted octanol–water partition coefficient (Wildman–Crippen LogP) is 1.87. The lowest BCUT2D eigenvalue weighted by Crippen LogP contribution is -2.37. The minimum atomic E-state index is -3.22. The maximum absolute atomic E-state index is 12.9. The Morgan fingerprint density at radius 3 is 2.28 bits per heavy atom. The molecule has 0 aromatic carbocycles. The Labute approximate surface area is 151 Å². The molecule has 2 heterocycles. The lowest BCUT2D eigenvalue weighted by Gasteiger charge is -2.24. The molecule has 1 saturated heterocycles. The Hall–Kier alpha value is -1.41. The van der Waals surface area contributed by atoms with Crippen molar-refractivity contribution in [3.63, 3.8) is 0 Å². The van der Waals surface area contributed by atoms with Crippen LogP contribution in [0.25, 0.3) is 0 Å². The van der Waals surface area contributed by atoms with E-state index in [2.05, 4.69) is 39.7 Å². The van der Waals surface area contributed by atoms with Crippen LogP contribution in [-0.4, -0.2) is 65.7 Å². The van der Waals surface area contributed by atoms with E-state index < -0.39 is 10.0 Å². The van der Waals surface area contributed by atoms with Gasteiger partial charge in [0, 0.05) is 31.9 Å². The van der Waals surface area contributed by atoms with E-state index in [9.17, 15) is 13.2 Å². The molecule has 1 amide bonds. The van der Waals surface area contributed by atoms with Crippen LogP contribution in [0.1, 0.15) is 63.1 Å². The lowest BCUT2D eigenvalue weighted by atomic mass is 10.1. The van der Waals surface area contributed by atoms with Crippen LogP contribution in [0.15, 0.2) is 6.07 Å². The number of hydrogen-bond donors (Lipinski definition) is 0. The summed E-state index contributed by atoms with van der Waals surface area (Å²) in [6.45, 7) is 12.1. The molecule has 0 saturated carbocycles. The maximum atomic E-state index is 12.9. The summed E-state index contributed by atoms with van der Waals surface area (Å²) in [6, 6.07) is 1.87. The quantitative estimate of drug-likeness (QED) is 0.814. The molecule has 0 spiro atoms. The van der Waals surface area contributed by atoms with E-state index >= 15 is 0 Å². The highest BCUT2D eigenvalue weighted by Gasteiger charge is 2.28. The molecule has 0 bridgehead atoms. The van der Waals surface area contributed by atoms with Crippen molar-refractivity contribution >= 4 is 15.9 Å². The number of carbonyl (C=O) groups excluding carboxylic acids is 1. The van der Waals surface area contributed by atoms with Crippen molar-refractivity contribution in [1.82, 2.24) is 19.0 Å². The third-order valence-corrected chi connectivity index (χ3v) is 5.70. The summed E-state index contributed by atoms with van der Waals surface area (Å²) in [7, 11) is -3.22. The summed E-state index contributed by atoms with van der Waals surface area (Å²) in [5.41, 5.74) is 1.26. The topological polar surface area (TPSA) is 75.5 Å². The van der Waals surface area contributed by atoms with Crippen LogP contribution in [0.2, 0.25) is 0 Å². The molecule has 2 rings (SSSR count). The Kier molecular flexibility index (Phi) is 5.63. The first-order valence-electron chi connectivity index (χ1n) is 8.76. The van der Waals surface area contributed by atoms with Crippen molar-refractivity contribution in [1.29, 1.82) is 0 Å². The van der Waals surface area contributed by atoms with Crippen molar-refractivity contribution in [2.45, 2.75) is 52.5 Å². The normalized spacial score (nSPS) is 17.8. The Morgan fingerprint density at radius 2 is 1.80 bits per heavy atom. The molecular formula is C17H30N4O3S. The molecule has 142 valence electrons. The van der Waals surface area contributed by atoms with E-state index in [4.69, 9.17) is 0 Å². The number of hydrogen-bond acceptors (Lipinski definition) is 4. The second-order valence-electron chi connectivity index (χ2n) is 8.00. The van der Waals surface area contributed by atoms with Crippen LogP contribution in [0.4, 0.5) is 0 Å². The van der Waals surface area contributed by atoms with Gasteiger partial charge in [-0.25, -0.2) is 12.7 Å². The zero-order valence-corrected chi connectivity index (χ0v) is 16.9. The van der Waals surface area contributed by atoms with Gasteiger partial charge in [0.05, 0.1) is 11.8 Å². The largest absolute Gasteiger partial charge is 0.336 e. The molecule has 7 nitrogen and oxygen atoms in total. The Bertz CT molecular complexity index is 732. The smallest absolute Gasteiger partial charge is 0.274 e. The minimum absolute atomic E-state index is 0.125. The minimum Gasteiger partial charge on any atom is -0.336 e. The molecule has 25 heavy (non-hydrogen) atoms. The maximum Gasteiger partial charge on any atom is 0.274 e. The van der Waals surface area contributed by atoms with Gasteiger partial charge in [-0.05, 0) is 39.2 Å². The van der Waals surface area contributed by atoms with Gasteiger partial charge in [-0.2, -0.15) is 5.10 Å². The summed E-state index contributed by atoms with van der Waals surface area (Å²) in [4.78, 5) is 14.6. The monoisotopic (exact) mass is 370 g/mol. The van der Waals surface area contributed by atoms with Gasteiger partial charge in [0.15, 0.2) is 5.69 Å². The molecule has 1 fully saturated rings. The van der Waals surface area contributed by atoms with Gasteiger partial charge in [-0.1, -0.05) is 13.8 Å². The highest BCUT2D eigenvalue weighted by molar-refractivity contribution is 7.88. The van der Waals surface area contributed by atoms with Gasteiger partial charge >= 0.3 is 0 Å². The van der Waals surface area contributed by atoms with Crippen LogP contribution in [0.3, 0.4) is 0 Å².